The molecule has 0 bridgehead atoms. The minimum atomic E-state index is -0.131. The Morgan fingerprint density at radius 2 is 1.89 bits per heavy atom. The molecule has 0 aliphatic rings. The Labute approximate surface area is 178 Å². The molecule has 0 amide bonds. The smallest absolute Gasteiger partial charge is 0.305 e. The first-order chi connectivity index (χ1) is 12.7. The molecular formula is C20H30IN3O3. The van der Waals surface area contributed by atoms with Crippen molar-refractivity contribution in [2.45, 2.75) is 45.6 Å². The highest BCUT2D eigenvalue weighted by molar-refractivity contribution is 14.0. The van der Waals surface area contributed by atoms with Gasteiger partial charge in [-0.05, 0) is 25.8 Å². The van der Waals surface area contributed by atoms with E-state index in [0.29, 0.717) is 13.0 Å². The molecule has 150 valence electrons. The number of ether oxygens (including phenoxy) is 1. The number of para-hydroxylation sites is 1. The molecule has 2 N–H and O–H groups in total. The second-order valence-electron chi connectivity index (χ2n) is 6.24. The van der Waals surface area contributed by atoms with Gasteiger partial charge in [0.05, 0.1) is 13.7 Å². The first-order valence-electron chi connectivity index (χ1n) is 9.14. The van der Waals surface area contributed by atoms with Gasteiger partial charge in [-0.3, -0.25) is 9.79 Å². The Morgan fingerprint density at radius 1 is 1.15 bits per heavy atom. The van der Waals surface area contributed by atoms with E-state index in [9.17, 15) is 4.79 Å². The molecule has 0 aliphatic heterocycles. The summed E-state index contributed by atoms with van der Waals surface area (Å²) >= 11 is 0. The third-order valence-electron chi connectivity index (χ3n) is 4.41. The van der Waals surface area contributed by atoms with Crippen LogP contribution in [0.5, 0.6) is 0 Å². The number of methoxy groups -OCH3 is 1. The van der Waals surface area contributed by atoms with Gasteiger partial charge in [-0.25, -0.2) is 0 Å². The fourth-order valence-corrected chi connectivity index (χ4v) is 2.83. The molecule has 0 unspecified atom stereocenters. The average molecular weight is 487 g/mol. The van der Waals surface area contributed by atoms with Crippen LogP contribution in [0, 0.1) is 6.92 Å². The van der Waals surface area contributed by atoms with E-state index in [1.54, 1.807) is 7.05 Å². The molecule has 0 spiro atoms. The lowest BCUT2D eigenvalue weighted by molar-refractivity contribution is -0.140. The number of carbonyl (C=O) groups is 1. The molecule has 2 rings (SSSR count). The maximum atomic E-state index is 11.0. The molecule has 7 heteroatoms. The largest absolute Gasteiger partial charge is 0.469 e. The van der Waals surface area contributed by atoms with Crippen molar-refractivity contribution in [2.24, 2.45) is 4.99 Å². The van der Waals surface area contributed by atoms with Gasteiger partial charge in [0.25, 0.3) is 0 Å². The van der Waals surface area contributed by atoms with Crippen LogP contribution in [-0.2, 0) is 16.1 Å². The molecule has 1 aromatic heterocycles. The van der Waals surface area contributed by atoms with Crippen molar-refractivity contribution in [3.63, 3.8) is 0 Å². The molecule has 2 aromatic rings. The SMILES string of the molecule is CN=C(NCCCCCCC(=O)OC)NCc1oc2ccccc2c1C.I. The number of nitrogens with one attached hydrogen (secondary N) is 2. The maximum Gasteiger partial charge on any atom is 0.305 e. The van der Waals surface area contributed by atoms with Crippen LogP contribution < -0.4 is 10.6 Å². The zero-order chi connectivity index (χ0) is 18.8. The molecule has 1 aromatic carbocycles. The van der Waals surface area contributed by atoms with E-state index in [2.05, 4.69) is 33.4 Å². The first kappa shape index (κ1) is 23.3. The highest BCUT2D eigenvalue weighted by Crippen LogP contribution is 2.24. The monoisotopic (exact) mass is 487 g/mol. The number of aliphatic imine (C=N–C) groups is 1. The zero-order valence-corrected chi connectivity index (χ0v) is 18.7. The number of halogens is 1. The zero-order valence-electron chi connectivity index (χ0n) is 16.3. The van der Waals surface area contributed by atoms with Crippen molar-refractivity contribution in [2.75, 3.05) is 20.7 Å². The second-order valence-corrected chi connectivity index (χ2v) is 6.24. The Hall–Kier alpha value is -1.77. The van der Waals surface area contributed by atoms with Crippen LogP contribution in [0.25, 0.3) is 11.0 Å². The summed E-state index contributed by atoms with van der Waals surface area (Å²) in [6.07, 6.45) is 4.52. The Morgan fingerprint density at radius 3 is 2.59 bits per heavy atom. The van der Waals surface area contributed by atoms with Crippen molar-refractivity contribution in [1.29, 1.82) is 0 Å². The van der Waals surface area contributed by atoms with E-state index in [1.807, 2.05) is 18.2 Å². The van der Waals surface area contributed by atoms with Crippen molar-refractivity contribution in [3.8, 4) is 0 Å². The van der Waals surface area contributed by atoms with Gasteiger partial charge >= 0.3 is 5.97 Å². The predicted octanol–water partition coefficient (Wildman–Crippen LogP) is 4.15. The van der Waals surface area contributed by atoms with Gasteiger partial charge in [-0.1, -0.05) is 31.0 Å². The highest BCUT2D eigenvalue weighted by atomic mass is 127. The van der Waals surface area contributed by atoms with Crippen molar-refractivity contribution in [3.05, 3.63) is 35.6 Å². The molecule has 0 atom stereocenters. The molecule has 0 aliphatic carbocycles. The molecule has 27 heavy (non-hydrogen) atoms. The van der Waals surface area contributed by atoms with E-state index >= 15 is 0 Å². The fraction of sp³-hybridized carbons (Fsp3) is 0.500. The molecule has 0 saturated carbocycles. The summed E-state index contributed by atoms with van der Waals surface area (Å²) in [4.78, 5) is 15.3. The van der Waals surface area contributed by atoms with Gasteiger partial charge < -0.3 is 19.8 Å². The van der Waals surface area contributed by atoms with Crippen LogP contribution in [0.15, 0.2) is 33.7 Å². The summed E-state index contributed by atoms with van der Waals surface area (Å²) in [5.41, 5.74) is 2.07. The van der Waals surface area contributed by atoms with Crippen LogP contribution in [0.4, 0.5) is 0 Å². The number of aryl methyl sites for hydroxylation is 1. The maximum absolute atomic E-state index is 11.0. The summed E-state index contributed by atoms with van der Waals surface area (Å²) in [5, 5.41) is 7.76. The molecule has 0 fully saturated rings. The number of hydrogen-bond donors (Lipinski definition) is 2. The van der Waals surface area contributed by atoms with Crippen molar-refractivity contribution in [1.82, 2.24) is 10.6 Å². The van der Waals surface area contributed by atoms with Crippen LogP contribution in [-0.4, -0.2) is 32.6 Å². The van der Waals surface area contributed by atoms with Crippen LogP contribution in [0.2, 0.25) is 0 Å². The van der Waals surface area contributed by atoms with Crippen LogP contribution >= 0.6 is 24.0 Å². The van der Waals surface area contributed by atoms with Crippen molar-refractivity contribution < 1.29 is 13.9 Å². The number of nitrogens with zero attached hydrogens (tertiary/aromatic N) is 1. The lowest BCUT2D eigenvalue weighted by Gasteiger charge is -2.11. The van der Waals surface area contributed by atoms with Gasteiger partial charge in [-0.2, -0.15) is 0 Å². The highest BCUT2D eigenvalue weighted by Gasteiger charge is 2.10. The first-order valence-corrected chi connectivity index (χ1v) is 9.14. The molecular weight excluding hydrogens is 457 g/mol. The lowest BCUT2D eigenvalue weighted by Crippen LogP contribution is -2.37. The number of carbonyl (C=O) groups excluding carboxylic acids is 1. The van der Waals surface area contributed by atoms with Gasteiger partial charge in [0, 0.05) is 31.0 Å². The Bertz CT molecular complexity index is 743. The van der Waals surface area contributed by atoms with E-state index in [4.69, 9.17) is 4.42 Å². The van der Waals surface area contributed by atoms with E-state index in [1.165, 1.54) is 7.11 Å². The Balaban J connectivity index is 0.00000364. The number of unbranched alkanes of at least 4 members (excludes halogenated alkanes) is 3. The van der Waals surface area contributed by atoms with E-state index in [0.717, 1.165) is 60.5 Å². The molecule has 0 saturated heterocycles. The number of hydrogen-bond acceptors (Lipinski definition) is 4. The molecule has 6 nitrogen and oxygen atoms in total. The standard InChI is InChI=1S/C20H29N3O3.HI/c1-15-16-10-7-8-11-17(16)26-18(15)14-23-20(21-2)22-13-9-5-4-6-12-19(24)25-3;/h7-8,10-11H,4-6,9,12-14H2,1-3H3,(H2,21,22,23);1H. The normalized spacial score (nSPS) is 11.1. The summed E-state index contributed by atoms with van der Waals surface area (Å²) in [7, 11) is 3.19. The number of furan rings is 1. The number of guanidine groups is 1. The van der Waals surface area contributed by atoms with E-state index < -0.39 is 0 Å². The molecule has 1 heterocycles. The number of benzene rings is 1. The van der Waals surface area contributed by atoms with Crippen molar-refractivity contribution >= 4 is 46.9 Å². The van der Waals surface area contributed by atoms with Gasteiger partial charge in [0.15, 0.2) is 5.96 Å². The summed E-state index contributed by atoms with van der Waals surface area (Å²) in [6, 6.07) is 8.06. The predicted molar refractivity (Wildman–Crippen MR) is 120 cm³/mol. The van der Waals surface area contributed by atoms with E-state index in [-0.39, 0.29) is 29.9 Å². The lowest BCUT2D eigenvalue weighted by atomic mass is 10.1. The Kier molecular flexibility index (Phi) is 10.8. The van der Waals surface area contributed by atoms with Gasteiger partial charge in [0.1, 0.15) is 11.3 Å². The summed E-state index contributed by atoms with van der Waals surface area (Å²) < 4.78 is 10.5. The second kappa shape index (κ2) is 12.6. The fourth-order valence-electron chi connectivity index (χ4n) is 2.83. The quantitative estimate of drug-likeness (QED) is 0.183. The third kappa shape index (κ3) is 7.40. The van der Waals surface area contributed by atoms with Gasteiger partial charge in [0.2, 0.25) is 0 Å². The number of fused-ring (bicyclic) bond motifs is 1. The summed E-state index contributed by atoms with van der Waals surface area (Å²) in [6.45, 7) is 3.52. The van der Waals surface area contributed by atoms with Crippen LogP contribution in [0.3, 0.4) is 0 Å². The number of esters is 1. The minimum Gasteiger partial charge on any atom is -0.469 e. The molecule has 0 radical (unpaired) electrons. The average Bonchev–Trinajstić information content (AvgIpc) is 2.99. The minimum absolute atomic E-state index is 0. The van der Waals surface area contributed by atoms with Gasteiger partial charge in [-0.15, -0.1) is 24.0 Å². The number of rotatable bonds is 9. The van der Waals surface area contributed by atoms with Crippen LogP contribution in [0.1, 0.15) is 43.4 Å². The topological polar surface area (TPSA) is 75.9 Å². The third-order valence-corrected chi connectivity index (χ3v) is 4.41. The summed E-state index contributed by atoms with van der Waals surface area (Å²) in [5.74, 6) is 1.56.